The molecule has 0 radical (unpaired) electrons. The van der Waals surface area contributed by atoms with Crippen LogP contribution < -0.4 is 22.1 Å². The molecule has 0 aromatic heterocycles. The number of hydrogen-bond acceptors (Lipinski definition) is 7. The number of carbonyl (C=O) groups is 6. The molecule has 168 valence electrons. The zero-order chi connectivity index (χ0) is 22.8. The topological polar surface area (TPSA) is 222 Å². The minimum Gasteiger partial charge on any atom is -0.481 e. The van der Waals surface area contributed by atoms with Crippen LogP contribution in [0.2, 0.25) is 0 Å². The molecule has 4 amide bonds. The number of carboxylic acids is 2. The van der Waals surface area contributed by atoms with Gasteiger partial charge in [-0.25, -0.2) is 4.79 Å². The lowest BCUT2D eigenvalue weighted by Gasteiger charge is -2.25. The number of nitrogens with two attached hydrogens (primary N) is 2. The maximum atomic E-state index is 12.4. The number of amides is 4. The van der Waals surface area contributed by atoms with Crippen molar-refractivity contribution in [1.82, 2.24) is 15.5 Å². The largest absolute Gasteiger partial charge is 0.481 e. The van der Waals surface area contributed by atoms with Gasteiger partial charge < -0.3 is 37.2 Å². The van der Waals surface area contributed by atoms with Gasteiger partial charge >= 0.3 is 11.9 Å². The number of nitrogens with zero attached hydrogens (tertiary/aromatic N) is 1. The fourth-order valence-electron chi connectivity index (χ4n) is 2.96. The molecule has 0 aliphatic carbocycles. The third kappa shape index (κ3) is 8.03. The Labute approximate surface area is 172 Å². The van der Waals surface area contributed by atoms with Crippen molar-refractivity contribution in [1.29, 1.82) is 0 Å². The van der Waals surface area contributed by atoms with E-state index in [2.05, 4.69) is 10.6 Å². The normalized spacial score (nSPS) is 17.6. The number of primary amides is 1. The van der Waals surface area contributed by atoms with Crippen LogP contribution in [-0.4, -0.2) is 81.9 Å². The summed E-state index contributed by atoms with van der Waals surface area (Å²) >= 11 is 0. The van der Waals surface area contributed by atoms with Crippen LogP contribution in [0.4, 0.5) is 0 Å². The van der Waals surface area contributed by atoms with E-state index in [0.29, 0.717) is 12.8 Å². The first kappa shape index (κ1) is 24.8. The average Bonchev–Trinajstić information content (AvgIpc) is 3.16. The monoisotopic (exact) mass is 429 g/mol. The molecule has 0 saturated carbocycles. The van der Waals surface area contributed by atoms with Crippen molar-refractivity contribution >= 4 is 35.6 Å². The highest BCUT2D eigenvalue weighted by atomic mass is 16.4. The van der Waals surface area contributed by atoms with E-state index in [-0.39, 0.29) is 25.8 Å². The van der Waals surface area contributed by atoms with E-state index in [1.54, 1.807) is 0 Å². The van der Waals surface area contributed by atoms with Crippen LogP contribution in [0.3, 0.4) is 0 Å². The fourth-order valence-corrected chi connectivity index (χ4v) is 2.96. The lowest BCUT2D eigenvalue weighted by atomic mass is 10.1. The van der Waals surface area contributed by atoms with Crippen molar-refractivity contribution < 1.29 is 39.0 Å². The zero-order valence-electron chi connectivity index (χ0n) is 16.3. The summed E-state index contributed by atoms with van der Waals surface area (Å²) in [6.45, 7) is -0.179. The van der Waals surface area contributed by atoms with Crippen LogP contribution in [0.1, 0.15) is 38.5 Å². The van der Waals surface area contributed by atoms with Crippen LogP contribution in [0, 0.1) is 0 Å². The quantitative estimate of drug-likeness (QED) is 0.187. The summed E-state index contributed by atoms with van der Waals surface area (Å²) in [5.74, 6) is -5.09. The van der Waals surface area contributed by atoms with Gasteiger partial charge in [0, 0.05) is 19.4 Å². The first-order chi connectivity index (χ1) is 14.0. The average molecular weight is 429 g/mol. The Kier molecular flexibility index (Phi) is 9.68. The number of nitrogens with one attached hydrogen (secondary N) is 2. The van der Waals surface area contributed by atoms with E-state index in [1.165, 1.54) is 4.90 Å². The number of carboxylic acid groups (broad SMARTS) is 2. The van der Waals surface area contributed by atoms with Gasteiger partial charge in [0.15, 0.2) is 0 Å². The summed E-state index contributed by atoms with van der Waals surface area (Å²) in [6, 6.07) is -3.34. The van der Waals surface area contributed by atoms with Gasteiger partial charge in [0.05, 0.1) is 12.6 Å². The predicted molar refractivity (Wildman–Crippen MR) is 101 cm³/mol. The molecular formula is C17H27N5O8. The number of likely N-dealkylation sites (tertiary alicyclic amines) is 1. The van der Waals surface area contributed by atoms with Crippen LogP contribution in [0.5, 0.6) is 0 Å². The Balaban J connectivity index is 2.60. The van der Waals surface area contributed by atoms with Gasteiger partial charge in [-0.3, -0.25) is 24.0 Å². The van der Waals surface area contributed by atoms with Crippen LogP contribution in [0.25, 0.3) is 0 Å². The summed E-state index contributed by atoms with van der Waals surface area (Å²) in [7, 11) is 0. The summed E-state index contributed by atoms with van der Waals surface area (Å²) < 4.78 is 0. The highest BCUT2D eigenvalue weighted by Gasteiger charge is 2.36. The molecule has 0 aromatic rings. The molecular weight excluding hydrogens is 402 g/mol. The van der Waals surface area contributed by atoms with Gasteiger partial charge in [0.25, 0.3) is 0 Å². The maximum Gasteiger partial charge on any atom is 0.326 e. The molecule has 13 nitrogen and oxygen atoms in total. The van der Waals surface area contributed by atoms with Gasteiger partial charge in [0.2, 0.25) is 23.6 Å². The van der Waals surface area contributed by atoms with Gasteiger partial charge in [-0.05, 0) is 25.7 Å². The molecule has 30 heavy (non-hydrogen) atoms. The Morgan fingerprint density at radius 3 is 2.30 bits per heavy atom. The van der Waals surface area contributed by atoms with Crippen molar-refractivity contribution in [2.75, 3.05) is 13.1 Å². The minimum atomic E-state index is -1.39. The second-order valence-electron chi connectivity index (χ2n) is 6.91. The molecule has 0 bridgehead atoms. The third-order valence-corrected chi connectivity index (χ3v) is 4.59. The summed E-state index contributed by atoms with van der Waals surface area (Å²) in [6.07, 6.45) is 0.0150. The van der Waals surface area contributed by atoms with Crippen LogP contribution >= 0.6 is 0 Å². The number of carbonyl (C=O) groups excluding carboxylic acids is 4. The Morgan fingerprint density at radius 1 is 1.07 bits per heavy atom. The van der Waals surface area contributed by atoms with Gasteiger partial charge in [0.1, 0.15) is 12.1 Å². The third-order valence-electron chi connectivity index (χ3n) is 4.59. The van der Waals surface area contributed by atoms with Crippen molar-refractivity contribution in [2.45, 2.75) is 56.7 Å². The molecule has 0 unspecified atom stereocenters. The fraction of sp³-hybridized carbons (Fsp3) is 0.647. The molecule has 0 aromatic carbocycles. The number of rotatable bonds is 12. The van der Waals surface area contributed by atoms with E-state index in [4.69, 9.17) is 21.7 Å². The van der Waals surface area contributed by atoms with Crippen molar-refractivity contribution in [3.05, 3.63) is 0 Å². The highest BCUT2D eigenvalue weighted by Crippen LogP contribution is 2.18. The lowest BCUT2D eigenvalue weighted by Crippen LogP contribution is -2.53. The standard InChI is InChI=1S/C17H27N5O8/c18-9(3-5-12(19)23)15(27)20-8-13(24)22-7-1-2-11(22)16(28)21-10(17(29)30)4-6-14(25)26/h9-11H,1-8,18H2,(H2,19,23)(H,20,27)(H,21,28)(H,25,26)(H,29,30)/t9-,10-,11-/m0/s1. The van der Waals surface area contributed by atoms with Gasteiger partial charge in [-0.2, -0.15) is 0 Å². The lowest BCUT2D eigenvalue weighted by molar-refractivity contribution is -0.144. The minimum absolute atomic E-state index is 0.0248. The SMILES string of the molecule is NC(=O)CC[C@H](N)C(=O)NCC(=O)N1CCC[C@H]1C(=O)N[C@@H](CCC(=O)O)C(=O)O. The van der Waals surface area contributed by atoms with Crippen molar-refractivity contribution in [3.8, 4) is 0 Å². The maximum absolute atomic E-state index is 12.4. The molecule has 1 aliphatic rings. The van der Waals surface area contributed by atoms with E-state index in [0.717, 1.165) is 0 Å². The van der Waals surface area contributed by atoms with Crippen LogP contribution in [-0.2, 0) is 28.8 Å². The number of hydrogen-bond donors (Lipinski definition) is 6. The smallest absolute Gasteiger partial charge is 0.326 e. The first-order valence-corrected chi connectivity index (χ1v) is 9.39. The molecule has 1 aliphatic heterocycles. The van der Waals surface area contributed by atoms with E-state index < -0.39 is 66.7 Å². The second-order valence-corrected chi connectivity index (χ2v) is 6.91. The van der Waals surface area contributed by atoms with E-state index in [9.17, 15) is 28.8 Å². The van der Waals surface area contributed by atoms with Gasteiger partial charge in [-0.15, -0.1) is 0 Å². The second kappa shape index (κ2) is 11.7. The summed E-state index contributed by atoms with van der Waals surface area (Å²) in [4.78, 5) is 70.6. The zero-order valence-corrected chi connectivity index (χ0v) is 16.3. The van der Waals surface area contributed by atoms with Crippen molar-refractivity contribution in [3.63, 3.8) is 0 Å². The molecule has 1 saturated heterocycles. The number of aliphatic carboxylic acids is 2. The van der Waals surface area contributed by atoms with E-state index >= 15 is 0 Å². The molecule has 1 fully saturated rings. The van der Waals surface area contributed by atoms with E-state index in [1.807, 2.05) is 0 Å². The summed E-state index contributed by atoms with van der Waals surface area (Å²) in [5.41, 5.74) is 10.6. The molecule has 8 N–H and O–H groups in total. The van der Waals surface area contributed by atoms with Crippen molar-refractivity contribution in [2.24, 2.45) is 11.5 Å². The van der Waals surface area contributed by atoms with Crippen LogP contribution in [0.15, 0.2) is 0 Å². The molecule has 3 atom stereocenters. The molecule has 1 rings (SSSR count). The van der Waals surface area contributed by atoms with Gasteiger partial charge in [-0.1, -0.05) is 0 Å². The highest BCUT2D eigenvalue weighted by molar-refractivity contribution is 5.93. The Bertz CT molecular complexity index is 698. The first-order valence-electron chi connectivity index (χ1n) is 9.39. The Morgan fingerprint density at radius 2 is 1.73 bits per heavy atom. The molecule has 1 heterocycles. The molecule has 13 heteroatoms. The predicted octanol–water partition coefficient (Wildman–Crippen LogP) is -2.88. The summed E-state index contributed by atoms with van der Waals surface area (Å²) in [5, 5.41) is 22.4. The molecule has 0 spiro atoms. The Hall–Kier alpha value is -3.22.